The molecule has 2 fully saturated rings. The van der Waals surface area contributed by atoms with Gasteiger partial charge in [0.25, 0.3) is 0 Å². The first-order valence-corrected chi connectivity index (χ1v) is 8.40. The third-order valence-electron chi connectivity index (χ3n) is 4.97. The Hall–Kier alpha value is -1.55. The van der Waals surface area contributed by atoms with Gasteiger partial charge in [-0.1, -0.05) is 18.6 Å². The van der Waals surface area contributed by atoms with Crippen LogP contribution in [-0.4, -0.2) is 41.7 Å². The molecule has 0 aromatic heterocycles. The maximum Gasteiger partial charge on any atom is 0.307 e. The molecule has 2 aliphatic rings. The first-order chi connectivity index (χ1) is 10.7. The van der Waals surface area contributed by atoms with Gasteiger partial charge < -0.3 is 9.84 Å². The Kier molecular flexibility index (Phi) is 4.98. The standard InChI is InChI=1S/C18H25NO3/c20-18(21)12-14-6-8-16(9-7-14)22-13-15-4-3-11-19-10-2-1-5-17(15)19/h6-9,15,17H,1-5,10-13H2,(H,20,21)/t15-,17+/m0/s1. The van der Waals surface area contributed by atoms with E-state index in [4.69, 9.17) is 9.84 Å². The van der Waals surface area contributed by atoms with Crippen LogP contribution in [0.5, 0.6) is 5.75 Å². The number of carboxylic acids is 1. The van der Waals surface area contributed by atoms with Crippen molar-refractivity contribution >= 4 is 5.97 Å². The summed E-state index contributed by atoms with van der Waals surface area (Å²) < 4.78 is 5.98. The van der Waals surface area contributed by atoms with Crippen molar-refractivity contribution in [2.45, 2.75) is 44.6 Å². The Balaban J connectivity index is 1.54. The summed E-state index contributed by atoms with van der Waals surface area (Å²) in [5, 5.41) is 8.78. The van der Waals surface area contributed by atoms with Crippen LogP contribution in [0.2, 0.25) is 0 Å². The SMILES string of the molecule is O=C(O)Cc1ccc(OC[C@@H]2CCCN3CCCC[C@H]23)cc1. The highest BCUT2D eigenvalue weighted by Crippen LogP contribution is 2.31. The van der Waals surface area contributed by atoms with Gasteiger partial charge in [0.1, 0.15) is 5.75 Å². The second kappa shape index (κ2) is 7.14. The lowest BCUT2D eigenvalue weighted by Crippen LogP contribution is -2.49. The molecule has 1 aromatic rings. The summed E-state index contributed by atoms with van der Waals surface area (Å²) in [5.41, 5.74) is 0.816. The number of fused-ring (bicyclic) bond motifs is 1. The molecule has 1 aromatic carbocycles. The molecule has 1 N–H and O–H groups in total. The molecule has 0 spiro atoms. The van der Waals surface area contributed by atoms with E-state index in [1.807, 2.05) is 24.3 Å². The van der Waals surface area contributed by atoms with Crippen molar-refractivity contribution in [3.8, 4) is 5.75 Å². The maximum atomic E-state index is 10.7. The molecular formula is C18H25NO3. The second-order valence-electron chi connectivity index (χ2n) is 6.53. The molecule has 0 saturated carbocycles. The molecule has 2 saturated heterocycles. The van der Waals surface area contributed by atoms with Crippen molar-refractivity contribution in [1.82, 2.24) is 4.90 Å². The monoisotopic (exact) mass is 303 g/mol. The van der Waals surface area contributed by atoms with E-state index in [2.05, 4.69) is 4.90 Å². The van der Waals surface area contributed by atoms with Crippen LogP contribution in [0.1, 0.15) is 37.7 Å². The minimum absolute atomic E-state index is 0.0694. The van der Waals surface area contributed by atoms with Crippen LogP contribution in [-0.2, 0) is 11.2 Å². The molecular weight excluding hydrogens is 278 g/mol. The van der Waals surface area contributed by atoms with Crippen LogP contribution in [0.4, 0.5) is 0 Å². The Labute approximate surface area is 132 Å². The van der Waals surface area contributed by atoms with E-state index in [-0.39, 0.29) is 6.42 Å². The molecule has 0 unspecified atom stereocenters. The van der Waals surface area contributed by atoms with Gasteiger partial charge in [0, 0.05) is 12.0 Å². The number of aliphatic carboxylic acids is 1. The predicted molar refractivity (Wildman–Crippen MR) is 85.2 cm³/mol. The minimum atomic E-state index is -0.798. The number of nitrogens with zero attached hydrogens (tertiary/aromatic N) is 1. The highest BCUT2D eigenvalue weighted by atomic mass is 16.5. The average Bonchev–Trinajstić information content (AvgIpc) is 2.54. The van der Waals surface area contributed by atoms with E-state index < -0.39 is 5.97 Å². The summed E-state index contributed by atoms with van der Waals surface area (Å²) in [6.07, 6.45) is 6.61. The van der Waals surface area contributed by atoms with Gasteiger partial charge in [-0.25, -0.2) is 0 Å². The van der Waals surface area contributed by atoms with Crippen LogP contribution in [0, 0.1) is 5.92 Å². The quantitative estimate of drug-likeness (QED) is 0.908. The van der Waals surface area contributed by atoms with Gasteiger partial charge in [-0.3, -0.25) is 9.69 Å². The Morgan fingerprint density at radius 2 is 1.91 bits per heavy atom. The van der Waals surface area contributed by atoms with E-state index in [9.17, 15) is 4.79 Å². The van der Waals surface area contributed by atoms with E-state index in [0.717, 1.165) is 17.9 Å². The molecule has 3 rings (SSSR count). The van der Waals surface area contributed by atoms with Crippen LogP contribution in [0.3, 0.4) is 0 Å². The van der Waals surface area contributed by atoms with Gasteiger partial charge in [-0.05, 0) is 56.5 Å². The fraction of sp³-hybridized carbons (Fsp3) is 0.611. The first-order valence-electron chi connectivity index (χ1n) is 8.40. The number of piperidine rings is 2. The molecule has 0 amide bonds. The summed E-state index contributed by atoms with van der Waals surface area (Å²) in [6, 6.07) is 8.17. The summed E-state index contributed by atoms with van der Waals surface area (Å²) in [4.78, 5) is 13.3. The highest BCUT2D eigenvalue weighted by molar-refractivity contribution is 5.70. The summed E-state index contributed by atoms with van der Waals surface area (Å²) in [7, 11) is 0. The van der Waals surface area contributed by atoms with Gasteiger partial charge in [-0.2, -0.15) is 0 Å². The number of hydrogen-bond acceptors (Lipinski definition) is 3. The molecule has 4 heteroatoms. The lowest BCUT2D eigenvalue weighted by molar-refractivity contribution is -0.136. The van der Waals surface area contributed by atoms with Crippen molar-refractivity contribution in [3.63, 3.8) is 0 Å². The number of benzene rings is 1. The third-order valence-corrected chi connectivity index (χ3v) is 4.97. The topological polar surface area (TPSA) is 49.8 Å². The molecule has 0 aliphatic carbocycles. The van der Waals surface area contributed by atoms with Gasteiger partial charge in [0.05, 0.1) is 13.0 Å². The lowest BCUT2D eigenvalue weighted by atomic mass is 9.84. The predicted octanol–water partition coefficient (Wildman–Crippen LogP) is 2.96. The van der Waals surface area contributed by atoms with Crippen molar-refractivity contribution < 1.29 is 14.6 Å². The number of carboxylic acid groups (broad SMARTS) is 1. The van der Waals surface area contributed by atoms with Crippen LogP contribution in [0.15, 0.2) is 24.3 Å². The summed E-state index contributed by atoms with van der Waals surface area (Å²) >= 11 is 0. The molecule has 2 heterocycles. The van der Waals surface area contributed by atoms with E-state index in [1.54, 1.807) is 0 Å². The smallest absolute Gasteiger partial charge is 0.307 e. The normalized spacial score (nSPS) is 25.5. The van der Waals surface area contributed by atoms with Crippen molar-refractivity contribution in [3.05, 3.63) is 29.8 Å². The molecule has 120 valence electrons. The molecule has 4 nitrogen and oxygen atoms in total. The van der Waals surface area contributed by atoms with Gasteiger partial charge in [0.2, 0.25) is 0 Å². The molecule has 0 radical (unpaired) electrons. The summed E-state index contributed by atoms with van der Waals surface area (Å²) in [6.45, 7) is 3.29. The van der Waals surface area contributed by atoms with Crippen molar-refractivity contribution in [2.75, 3.05) is 19.7 Å². The number of rotatable bonds is 5. The van der Waals surface area contributed by atoms with Crippen molar-refractivity contribution in [2.24, 2.45) is 5.92 Å². The highest BCUT2D eigenvalue weighted by Gasteiger charge is 2.33. The fourth-order valence-corrected chi connectivity index (χ4v) is 3.85. The maximum absolute atomic E-state index is 10.7. The molecule has 22 heavy (non-hydrogen) atoms. The van der Waals surface area contributed by atoms with E-state index in [0.29, 0.717) is 12.0 Å². The third kappa shape index (κ3) is 3.80. The zero-order chi connectivity index (χ0) is 15.4. The Morgan fingerprint density at radius 1 is 1.14 bits per heavy atom. The van der Waals surface area contributed by atoms with Crippen LogP contribution in [0.25, 0.3) is 0 Å². The molecule has 0 bridgehead atoms. The first kappa shape index (κ1) is 15.3. The zero-order valence-corrected chi connectivity index (χ0v) is 13.0. The van der Waals surface area contributed by atoms with Crippen molar-refractivity contribution in [1.29, 1.82) is 0 Å². The molecule has 2 aliphatic heterocycles. The second-order valence-corrected chi connectivity index (χ2v) is 6.53. The van der Waals surface area contributed by atoms with Gasteiger partial charge in [-0.15, -0.1) is 0 Å². The summed E-state index contributed by atoms with van der Waals surface area (Å²) in [5.74, 6) is 0.683. The number of hydrogen-bond donors (Lipinski definition) is 1. The number of ether oxygens (including phenoxy) is 1. The minimum Gasteiger partial charge on any atom is -0.493 e. The fourth-order valence-electron chi connectivity index (χ4n) is 3.85. The Bertz CT molecular complexity index is 498. The van der Waals surface area contributed by atoms with E-state index in [1.165, 1.54) is 45.2 Å². The Morgan fingerprint density at radius 3 is 2.68 bits per heavy atom. The number of carbonyl (C=O) groups is 1. The van der Waals surface area contributed by atoms with Crippen LogP contribution >= 0.6 is 0 Å². The lowest BCUT2D eigenvalue weighted by Gasteiger charge is -2.44. The largest absolute Gasteiger partial charge is 0.493 e. The zero-order valence-electron chi connectivity index (χ0n) is 13.0. The average molecular weight is 303 g/mol. The molecule has 2 atom stereocenters. The van der Waals surface area contributed by atoms with Gasteiger partial charge in [0.15, 0.2) is 0 Å². The van der Waals surface area contributed by atoms with Gasteiger partial charge >= 0.3 is 5.97 Å². The van der Waals surface area contributed by atoms with E-state index >= 15 is 0 Å². The van der Waals surface area contributed by atoms with Crippen LogP contribution < -0.4 is 4.74 Å².